The van der Waals surface area contributed by atoms with Crippen molar-refractivity contribution in [2.75, 3.05) is 26.8 Å². The highest BCUT2D eigenvalue weighted by molar-refractivity contribution is 7.08. The van der Waals surface area contributed by atoms with Crippen molar-refractivity contribution in [3.8, 4) is 0 Å². The third kappa shape index (κ3) is 6.65. The molecule has 0 aliphatic carbocycles. The lowest BCUT2D eigenvalue weighted by molar-refractivity contribution is -0.121. The molecule has 1 atom stereocenters. The first kappa shape index (κ1) is 16.6. The molecule has 0 saturated carbocycles. The summed E-state index contributed by atoms with van der Waals surface area (Å²) in [5, 5.41) is 18.3. The van der Waals surface area contributed by atoms with Gasteiger partial charge in [0, 0.05) is 37.6 Å². The summed E-state index contributed by atoms with van der Waals surface area (Å²) in [4.78, 5) is 23.1. The number of carbonyl (C=O) groups is 2. The number of methoxy groups -OCH3 is 1. The summed E-state index contributed by atoms with van der Waals surface area (Å²) in [5.74, 6) is -0.324. The first-order chi connectivity index (χ1) is 9.63. The molecule has 1 aromatic heterocycles. The van der Waals surface area contributed by atoms with Gasteiger partial charge in [0.25, 0.3) is 5.91 Å². The fraction of sp³-hybridized carbons (Fsp3) is 0.538. The topological polar surface area (TPSA) is 87.7 Å². The van der Waals surface area contributed by atoms with E-state index in [9.17, 15) is 14.7 Å². The Balaban J connectivity index is 2.07. The number of nitrogens with one attached hydrogen (secondary N) is 2. The Kier molecular flexibility index (Phi) is 7.86. The van der Waals surface area contributed by atoms with Crippen molar-refractivity contribution >= 4 is 23.2 Å². The molecule has 0 aliphatic rings. The van der Waals surface area contributed by atoms with Gasteiger partial charge in [0.05, 0.1) is 12.7 Å². The van der Waals surface area contributed by atoms with Crippen molar-refractivity contribution in [2.24, 2.45) is 0 Å². The van der Waals surface area contributed by atoms with Crippen LogP contribution in [0.15, 0.2) is 16.8 Å². The van der Waals surface area contributed by atoms with Gasteiger partial charge in [-0.1, -0.05) is 0 Å². The van der Waals surface area contributed by atoms with Crippen molar-refractivity contribution in [1.29, 1.82) is 0 Å². The Morgan fingerprint density at radius 1 is 1.40 bits per heavy atom. The molecule has 1 unspecified atom stereocenters. The molecule has 7 heteroatoms. The van der Waals surface area contributed by atoms with Gasteiger partial charge >= 0.3 is 0 Å². The van der Waals surface area contributed by atoms with Crippen LogP contribution in [-0.4, -0.2) is 49.8 Å². The lowest BCUT2D eigenvalue weighted by atomic mass is 10.2. The summed E-state index contributed by atoms with van der Waals surface area (Å²) in [6.45, 7) is 0.940. The number of amides is 2. The smallest absolute Gasteiger partial charge is 0.252 e. The Bertz CT molecular complexity index is 409. The number of hydrogen-bond donors (Lipinski definition) is 3. The molecule has 112 valence electrons. The summed E-state index contributed by atoms with van der Waals surface area (Å²) >= 11 is 1.45. The Hall–Kier alpha value is -1.44. The fourth-order valence-electron chi connectivity index (χ4n) is 1.53. The molecule has 1 rings (SSSR count). The van der Waals surface area contributed by atoms with E-state index >= 15 is 0 Å². The van der Waals surface area contributed by atoms with E-state index in [1.807, 2.05) is 5.38 Å². The maximum Gasteiger partial charge on any atom is 0.252 e. The maximum atomic E-state index is 11.6. The van der Waals surface area contributed by atoms with Crippen molar-refractivity contribution in [2.45, 2.75) is 18.9 Å². The zero-order valence-electron chi connectivity index (χ0n) is 11.4. The zero-order chi connectivity index (χ0) is 14.8. The molecule has 20 heavy (non-hydrogen) atoms. The van der Waals surface area contributed by atoms with E-state index in [0.717, 1.165) is 0 Å². The minimum atomic E-state index is -0.571. The number of hydrogen-bond acceptors (Lipinski definition) is 5. The SMILES string of the molecule is COCC(O)CCNC(=O)CCNC(=O)c1ccsc1. The molecule has 3 N–H and O–H groups in total. The highest BCUT2D eigenvalue weighted by Gasteiger charge is 2.07. The number of aliphatic hydroxyl groups excluding tert-OH is 1. The van der Waals surface area contributed by atoms with Crippen LogP contribution in [0.2, 0.25) is 0 Å². The van der Waals surface area contributed by atoms with Crippen LogP contribution in [0.1, 0.15) is 23.2 Å². The molecular weight excluding hydrogens is 280 g/mol. The van der Waals surface area contributed by atoms with Crippen LogP contribution in [0.4, 0.5) is 0 Å². The minimum Gasteiger partial charge on any atom is -0.391 e. The van der Waals surface area contributed by atoms with Crippen LogP contribution in [0.3, 0.4) is 0 Å². The maximum absolute atomic E-state index is 11.6. The summed E-state index contributed by atoms with van der Waals surface area (Å²) in [7, 11) is 1.51. The summed E-state index contributed by atoms with van der Waals surface area (Å²) < 4.78 is 4.78. The first-order valence-corrected chi connectivity index (χ1v) is 7.32. The lowest BCUT2D eigenvalue weighted by Crippen LogP contribution is -2.32. The second kappa shape index (κ2) is 9.46. The zero-order valence-corrected chi connectivity index (χ0v) is 12.2. The highest BCUT2D eigenvalue weighted by atomic mass is 32.1. The first-order valence-electron chi connectivity index (χ1n) is 6.37. The molecule has 1 aromatic rings. The van der Waals surface area contributed by atoms with Gasteiger partial charge < -0.3 is 20.5 Å². The van der Waals surface area contributed by atoms with E-state index in [1.165, 1.54) is 18.4 Å². The lowest BCUT2D eigenvalue weighted by Gasteiger charge is -2.10. The number of ether oxygens (including phenoxy) is 1. The molecule has 6 nitrogen and oxygen atoms in total. The van der Waals surface area contributed by atoms with Gasteiger partial charge in [0.1, 0.15) is 0 Å². The van der Waals surface area contributed by atoms with Crippen molar-refractivity contribution < 1.29 is 19.4 Å². The van der Waals surface area contributed by atoms with Crippen LogP contribution in [-0.2, 0) is 9.53 Å². The minimum absolute atomic E-state index is 0.153. The average molecular weight is 300 g/mol. The van der Waals surface area contributed by atoms with Gasteiger partial charge in [-0.15, -0.1) is 0 Å². The third-order valence-corrected chi connectivity index (χ3v) is 3.26. The van der Waals surface area contributed by atoms with Gasteiger partial charge in [-0.25, -0.2) is 0 Å². The van der Waals surface area contributed by atoms with Gasteiger partial charge in [-0.2, -0.15) is 11.3 Å². The van der Waals surface area contributed by atoms with E-state index in [0.29, 0.717) is 25.1 Å². The van der Waals surface area contributed by atoms with Crippen LogP contribution in [0.25, 0.3) is 0 Å². The van der Waals surface area contributed by atoms with E-state index in [1.54, 1.807) is 11.4 Å². The third-order valence-electron chi connectivity index (χ3n) is 2.58. The van der Waals surface area contributed by atoms with Crippen molar-refractivity contribution in [3.05, 3.63) is 22.4 Å². The predicted molar refractivity (Wildman–Crippen MR) is 76.8 cm³/mol. The average Bonchev–Trinajstić information content (AvgIpc) is 2.93. The molecule has 1 heterocycles. The van der Waals surface area contributed by atoms with Gasteiger partial charge in [-0.05, 0) is 17.9 Å². The molecule has 0 fully saturated rings. The summed E-state index contributed by atoms with van der Waals surface area (Å²) in [6.07, 6.45) is 0.0930. The van der Waals surface area contributed by atoms with Crippen molar-refractivity contribution in [3.63, 3.8) is 0 Å². The second-order valence-corrected chi connectivity index (χ2v) is 5.05. The monoisotopic (exact) mass is 300 g/mol. The molecule has 0 saturated heterocycles. The molecule has 0 radical (unpaired) electrons. The van der Waals surface area contributed by atoms with Gasteiger partial charge in [-0.3, -0.25) is 9.59 Å². The molecule has 0 aromatic carbocycles. The molecular formula is C13H20N2O4S. The van der Waals surface area contributed by atoms with Crippen LogP contribution >= 0.6 is 11.3 Å². The summed E-state index contributed by atoms with van der Waals surface area (Å²) in [5.41, 5.74) is 0.609. The predicted octanol–water partition coefficient (Wildman–Crippen LogP) is 0.382. The largest absolute Gasteiger partial charge is 0.391 e. The van der Waals surface area contributed by atoms with Crippen LogP contribution in [0, 0.1) is 0 Å². The van der Waals surface area contributed by atoms with E-state index < -0.39 is 6.10 Å². The number of rotatable bonds is 9. The quantitative estimate of drug-likeness (QED) is 0.615. The summed E-state index contributed by atoms with van der Waals surface area (Å²) in [6, 6.07) is 1.73. The molecule has 0 spiro atoms. The Labute approximate surface area is 122 Å². The van der Waals surface area contributed by atoms with Crippen LogP contribution in [0.5, 0.6) is 0 Å². The second-order valence-electron chi connectivity index (χ2n) is 4.27. The molecule has 0 bridgehead atoms. The fourth-order valence-corrected chi connectivity index (χ4v) is 2.16. The highest BCUT2D eigenvalue weighted by Crippen LogP contribution is 2.04. The number of thiophene rings is 1. The van der Waals surface area contributed by atoms with E-state index in [-0.39, 0.29) is 24.8 Å². The van der Waals surface area contributed by atoms with Crippen molar-refractivity contribution in [1.82, 2.24) is 10.6 Å². The standard InChI is InChI=1S/C13H20N2O4S/c1-19-8-11(16)2-5-14-12(17)3-6-15-13(18)10-4-7-20-9-10/h4,7,9,11,16H,2-3,5-6,8H2,1H3,(H,14,17)(H,15,18). The molecule has 2 amide bonds. The van der Waals surface area contributed by atoms with Gasteiger partial charge in [0.15, 0.2) is 0 Å². The Morgan fingerprint density at radius 2 is 2.20 bits per heavy atom. The molecule has 0 aliphatic heterocycles. The normalized spacial score (nSPS) is 11.9. The van der Waals surface area contributed by atoms with Gasteiger partial charge in [0.2, 0.25) is 5.91 Å². The van der Waals surface area contributed by atoms with E-state index in [2.05, 4.69) is 10.6 Å². The number of carbonyl (C=O) groups excluding carboxylic acids is 2. The number of aliphatic hydroxyl groups is 1. The van der Waals surface area contributed by atoms with E-state index in [4.69, 9.17) is 4.74 Å². The van der Waals surface area contributed by atoms with Crippen LogP contribution < -0.4 is 10.6 Å². The Morgan fingerprint density at radius 3 is 2.85 bits per heavy atom.